The minimum atomic E-state index is -0.234. The second-order valence-electron chi connectivity index (χ2n) is 4.53. The SMILES string of the molecule is CCc1cnccc1C(NN)c1ccc(F)cc1C. The number of aromatic nitrogens is 1. The molecule has 0 saturated carbocycles. The Balaban J connectivity index is 2.50. The van der Waals surface area contributed by atoms with Gasteiger partial charge in [-0.2, -0.15) is 0 Å². The number of aryl methyl sites for hydroxylation is 2. The Kier molecular flexibility index (Phi) is 4.24. The zero-order valence-electron chi connectivity index (χ0n) is 11.2. The third-order valence-electron chi connectivity index (χ3n) is 3.34. The number of benzene rings is 1. The van der Waals surface area contributed by atoms with Crippen molar-refractivity contribution in [2.75, 3.05) is 0 Å². The number of pyridine rings is 1. The fraction of sp³-hybridized carbons (Fsp3) is 0.267. The minimum absolute atomic E-state index is 0.154. The second-order valence-corrected chi connectivity index (χ2v) is 4.53. The fourth-order valence-electron chi connectivity index (χ4n) is 2.33. The van der Waals surface area contributed by atoms with Crippen LogP contribution in [0.25, 0.3) is 0 Å². The summed E-state index contributed by atoms with van der Waals surface area (Å²) in [5, 5.41) is 0. The Labute approximate surface area is 112 Å². The van der Waals surface area contributed by atoms with E-state index < -0.39 is 0 Å². The van der Waals surface area contributed by atoms with Crippen LogP contribution in [0.4, 0.5) is 4.39 Å². The van der Waals surface area contributed by atoms with Crippen LogP contribution in [0, 0.1) is 12.7 Å². The van der Waals surface area contributed by atoms with E-state index in [0.29, 0.717) is 0 Å². The molecule has 1 heterocycles. The summed E-state index contributed by atoms with van der Waals surface area (Å²) in [4.78, 5) is 4.13. The molecule has 0 saturated heterocycles. The maximum Gasteiger partial charge on any atom is 0.123 e. The second kappa shape index (κ2) is 5.91. The van der Waals surface area contributed by atoms with E-state index in [-0.39, 0.29) is 11.9 Å². The molecule has 2 aromatic rings. The van der Waals surface area contributed by atoms with Gasteiger partial charge in [-0.25, -0.2) is 9.82 Å². The van der Waals surface area contributed by atoms with E-state index in [1.54, 1.807) is 12.3 Å². The topological polar surface area (TPSA) is 50.9 Å². The van der Waals surface area contributed by atoms with E-state index in [0.717, 1.165) is 28.7 Å². The lowest BCUT2D eigenvalue weighted by Gasteiger charge is -2.21. The van der Waals surface area contributed by atoms with Crippen molar-refractivity contribution in [1.82, 2.24) is 10.4 Å². The van der Waals surface area contributed by atoms with Crippen LogP contribution in [0.3, 0.4) is 0 Å². The summed E-state index contributed by atoms with van der Waals surface area (Å²) < 4.78 is 13.2. The molecule has 1 aromatic heterocycles. The Hall–Kier alpha value is -1.78. The van der Waals surface area contributed by atoms with Crippen molar-refractivity contribution < 1.29 is 4.39 Å². The lowest BCUT2D eigenvalue weighted by molar-refractivity contribution is 0.609. The molecule has 19 heavy (non-hydrogen) atoms. The first-order chi connectivity index (χ1) is 9.17. The molecule has 3 N–H and O–H groups in total. The minimum Gasteiger partial charge on any atom is -0.271 e. The molecule has 0 amide bonds. The Morgan fingerprint density at radius 3 is 2.74 bits per heavy atom. The van der Waals surface area contributed by atoms with Crippen LogP contribution < -0.4 is 11.3 Å². The third-order valence-corrected chi connectivity index (χ3v) is 3.34. The third kappa shape index (κ3) is 2.80. The number of hydrogen-bond donors (Lipinski definition) is 2. The molecular formula is C15H18FN3. The first-order valence-electron chi connectivity index (χ1n) is 6.32. The molecule has 0 radical (unpaired) electrons. The van der Waals surface area contributed by atoms with E-state index in [1.165, 1.54) is 12.1 Å². The highest BCUT2D eigenvalue weighted by atomic mass is 19.1. The summed E-state index contributed by atoms with van der Waals surface area (Å²) in [6.07, 6.45) is 4.47. The number of rotatable bonds is 4. The quantitative estimate of drug-likeness (QED) is 0.655. The zero-order chi connectivity index (χ0) is 13.8. The molecule has 0 aliphatic rings. The van der Waals surface area contributed by atoms with Gasteiger partial charge < -0.3 is 0 Å². The standard InChI is InChI=1S/C15H18FN3/c1-3-11-9-18-7-6-14(11)15(19-17)13-5-4-12(16)8-10(13)2/h4-9,15,19H,3,17H2,1-2H3. The average Bonchev–Trinajstić information content (AvgIpc) is 2.42. The number of nitrogens with zero attached hydrogens (tertiary/aromatic N) is 1. The van der Waals surface area contributed by atoms with Crippen molar-refractivity contribution in [1.29, 1.82) is 0 Å². The van der Waals surface area contributed by atoms with Gasteiger partial charge in [0.05, 0.1) is 6.04 Å². The van der Waals surface area contributed by atoms with Crippen LogP contribution in [0.1, 0.15) is 35.2 Å². The van der Waals surface area contributed by atoms with E-state index in [2.05, 4.69) is 17.3 Å². The molecule has 0 fully saturated rings. The van der Waals surface area contributed by atoms with Crippen molar-refractivity contribution in [3.63, 3.8) is 0 Å². The first-order valence-corrected chi connectivity index (χ1v) is 6.32. The summed E-state index contributed by atoms with van der Waals surface area (Å²) in [6.45, 7) is 3.96. The van der Waals surface area contributed by atoms with E-state index in [1.807, 2.05) is 19.2 Å². The lowest BCUT2D eigenvalue weighted by atomic mass is 9.92. The maximum absolute atomic E-state index is 13.2. The highest BCUT2D eigenvalue weighted by molar-refractivity contribution is 5.39. The van der Waals surface area contributed by atoms with Crippen molar-refractivity contribution in [2.45, 2.75) is 26.3 Å². The normalized spacial score (nSPS) is 12.4. The van der Waals surface area contributed by atoms with Gasteiger partial charge in [-0.3, -0.25) is 10.8 Å². The highest BCUT2D eigenvalue weighted by Crippen LogP contribution is 2.27. The largest absolute Gasteiger partial charge is 0.271 e. The summed E-state index contributed by atoms with van der Waals surface area (Å²) in [5.41, 5.74) is 6.88. The van der Waals surface area contributed by atoms with Gasteiger partial charge in [-0.05, 0) is 53.8 Å². The van der Waals surface area contributed by atoms with Gasteiger partial charge >= 0.3 is 0 Å². The summed E-state index contributed by atoms with van der Waals surface area (Å²) >= 11 is 0. The summed E-state index contributed by atoms with van der Waals surface area (Å²) in [6, 6.07) is 6.55. The van der Waals surface area contributed by atoms with Gasteiger partial charge in [0.15, 0.2) is 0 Å². The molecule has 0 bridgehead atoms. The number of hydrazine groups is 1. The highest BCUT2D eigenvalue weighted by Gasteiger charge is 2.17. The maximum atomic E-state index is 13.2. The van der Waals surface area contributed by atoms with E-state index >= 15 is 0 Å². The zero-order valence-corrected chi connectivity index (χ0v) is 11.2. The summed E-state index contributed by atoms with van der Waals surface area (Å²) in [7, 11) is 0. The van der Waals surface area contributed by atoms with Crippen LogP contribution >= 0.6 is 0 Å². The number of hydrogen-bond acceptors (Lipinski definition) is 3. The molecule has 2 rings (SSSR count). The molecule has 0 aliphatic heterocycles. The molecule has 3 nitrogen and oxygen atoms in total. The van der Waals surface area contributed by atoms with Gasteiger partial charge in [-0.1, -0.05) is 13.0 Å². The van der Waals surface area contributed by atoms with Crippen LogP contribution in [-0.2, 0) is 6.42 Å². The van der Waals surface area contributed by atoms with E-state index in [4.69, 9.17) is 5.84 Å². The van der Waals surface area contributed by atoms with Gasteiger partial charge in [0.2, 0.25) is 0 Å². The predicted molar refractivity (Wildman–Crippen MR) is 73.9 cm³/mol. The number of halogens is 1. The van der Waals surface area contributed by atoms with Gasteiger partial charge in [0, 0.05) is 12.4 Å². The molecule has 1 unspecified atom stereocenters. The fourth-order valence-corrected chi connectivity index (χ4v) is 2.33. The molecule has 100 valence electrons. The van der Waals surface area contributed by atoms with E-state index in [9.17, 15) is 4.39 Å². The Bertz CT molecular complexity index is 569. The van der Waals surface area contributed by atoms with Gasteiger partial charge in [0.1, 0.15) is 5.82 Å². The van der Waals surface area contributed by atoms with Crippen LogP contribution in [0.5, 0.6) is 0 Å². The monoisotopic (exact) mass is 259 g/mol. The molecule has 1 aromatic carbocycles. The molecule has 0 spiro atoms. The van der Waals surface area contributed by atoms with Crippen molar-refractivity contribution in [3.8, 4) is 0 Å². The summed E-state index contributed by atoms with van der Waals surface area (Å²) in [5.74, 6) is 5.47. The molecular weight excluding hydrogens is 241 g/mol. The molecule has 4 heteroatoms. The predicted octanol–water partition coefficient (Wildman–Crippen LogP) is 2.64. The number of nitrogens with two attached hydrogens (primary N) is 1. The van der Waals surface area contributed by atoms with Crippen molar-refractivity contribution >= 4 is 0 Å². The Morgan fingerprint density at radius 1 is 1.32 bits per heavy atom. The van der Waals surface area contributed by atoms with Crippen molar-refractivity contribution in [3.05, 3.63) is 64.7 Å². The molecule has 1 atom stereocenters. The smallest absolute Gasteiger partial charge is 0.123 e. The van der Waals surface area contributed by atoms with Crippen LogP contribution in [0.15, 0.2) is 36.7 Å². The first kappa shape index (κ1) is 13.6. The lowest BCUT2D eigenvalue weighted by Crippen LogP contribution is -2.30. The van der Waals surface area contributed by atoms with Gasteiger partial charge in [0.25, 0.3) is 0 Å². The average molecular weight is 259 g/mol. The van der Waals surface area contributed by atoms with Crippen molar-refractivity contribution in [2.24, 2.45) is 5.84 Å². The van der Waals surface area contributed by atoms with Gasteiger partial charge in [-0.15, -0.1) is 0 Å². The number of nitrogens with one attached hydrogen (secondary N) is 1. The Morgan fingerprint density at radius 2 is 2.11 bits per heavy atom. The van der Waals surface area contributed by atoms with Crippen LogP contribution in [0.2, 0.25) is 0 Å². The van der Waals surface area contributed by atoms with Crippen LogP contribution in [-0.4, -0.2) is 4.98 Å². The molecule has 0 aliphatic carbocycles.